The van der Waals surface area contributed by atoms with Crippen LogP contribution >= 0.6 is 0 Å². The summed E-state index contributed by atoms with van der Waals surface area (Å²) in [5.74, 6) is 0.228. The van der Waals surface area contributed by atoms with Gasteiger partial charge in [0.05, 0.1) is 5.16 Å². The first-order chi connectivity index (χ1) is 3.50. The standard InChI is InChI=1S/C5H13NOSi/c1-4(7)5(2,8)6-3/h6H,1-3,8H3. The Bertz CT molecular complexity index is 101. The van der Waals surface area contributed by atoms with Gasteiger partial charge in [0.25, 0.3) is 0 Å². The lowest BCUT2D eigenvalue weighted by atomic mass is 10.2. The largest absolute Gasteiger partial charge is 0.312 e. The second-order valence-electron chi connectivity index (χ2n) is 2.43. The van der Waals surface area contributed by atoms with Crippen LogP contribution < -0.4 is 5.32 Å². The summed E-state index contributed by atoms with van der Waals surface area (Å²) in [6.45, 7) is 3.53. The lowest BCUT2D eigenvalue weighted by molar-refractivity contribution is -0.119. The van der Waals surface area contributed by atoms with Crippen molar-refractivity contribution in [3.05, 3.63) is 0 Å². The molecule has 0 aliphatic rings. The Morgan fingerprint density at radius 3 is 2.12 bits per heavy atom. The molecule has 0 aromatic rings. The zero-order valence-corrected chi connectivity index (χ0v) is 7.91. The van der Waals surface area contributed by atoms with E-state index in [1.165, 1.54) is 0 Å². The lowest BCUT2D eigenvalue weighted by Crippen LogP contribution is -2.46. The molecule has 8 heavy (non-hydrogen) atoms. The topological polar surface area (TPSA) is 29.1 Å². The summed E-state index contributed by atoms with van der Waals surface area (Å²) in [7, 11) is 2.69. The fraction of sp³-hybridized carbons (Fsp3) is 0.800. The maximum atomic E-state index is 10.7. The van der Waals surface area contributed by atoms with Gasteiger partial charge in [0, 0.05) is 10.2 Å². The molecule has 3 heteroatoms. The van der Waals surface area contributed by atoms with Gasteiger partial charge in [0.1, 0.15) is 5.78 Å². The van der Waals surface area contributed by atoms with Crippen molar-refractivity contribution in [2.24, 2.45) is 0 Å². The maximum absolute atomic E-state index is 10.7. The summed E-state index contributed by atoms with van der Waals surface area (Å²) >= 11 is 0. The average molecular weight is 131 g/mol. The molecule has 0 aromatic carbocycles. The van der Waals surface area contributed by atoms with E-state index in [-0.39, 0.29) is 10.9 Å². The molecule has 0 rings (SSSR count). The molecule has 0 radical (unpaired) electrons. The summed E-state index contributed by atoms with van der Waals surface area (Å²) < 4.78 is 0. The van der Waals surface area contributed by atoms with E-state index in [0.717, 1.165) is 10.2 Å². The maximum Gasteiger partial charge on any atom is 0.145 e. The van der Waals surface area contributed by atoms with Gasteiger partial charge in [-0.05, 0) is 20.9 Å². The van der Waals surface area contributed by atoms with Gasteiger partial charge in [-0.15, -0.1) is 0 Å². The molecule has 0 aromatic heterocycles. The van der Waals surface area contributed by atoms with E-state index in [0.29, 0.717) is 0 Å². The fourth-order valence-corrected chi connectivity index (χ4v) is 0.176. The number of carbonyl (C=O) groups is 1. The summed E-state index contributed by atoms with van der Waals surface area (Å²) in [5.41, 5.74) is 0. The predicted molar refractivity (Wildman–Crippen MR) is 38.1 cm³/mol. The number of hydrogen-bond acceptors (Lipinski definition) is 2. The minimum Gasteiger partial charge on any atom is -0.312 e. The molecular weight excluding hydrogens is 118 g/mol. The van der Waals surface area contributed by atoms with Crippen LogP contribution in [0.25, 0.3) is 0 Å². The smallest absolute Gasteiger partial charge is 0.145 e. The number of ketones is 1. The Morgan fingerprint density at radius 2 is 2.12 bits per heavy atom. The van der Waals surface area contributed by atoms with Gasteiger partial charge in [-0.1, -0.05) is 0 Å². The molecule has 1 atom stereocenters. The second kappa shape index (κ2) is 2.41. The zero-order valence-electron chi connectivity index (χ0n) is 5.91. The highest BCUT2D eigenvalue weighted by molar-refractivity contribution is 6.27. The van der Waals surface area contributed by atoms with Crippen LogP contribution in [0, 0.1) is 0 Å². The third-order valence-corrected chi connectivity index (χ3v) is 2.71. The molecule has 1 N–H and O–H groups in total. The van der Waals surface area contributed by atoms with Crippen molar-refractivity contribution in [2.45, 2.75) is 19.0 Å². The third kappa shape index (κ3) is 1.75. The van der Waals surface area contributed by atoms with Crippen LogP contribution in [0.15, 0.2) is 0 Å². The van der Waals surface area contributed by atoms with Crippen LogP contribution in [0.1, 0.15) is 13.8 Å². The van der Waals surface area contributed by atoms with Crippen molar-refractivity contribution in [2.75, 3.05) is 7.05 Å². The molecule has 48 valence electrons. The minimum atomic E-state index is -0.208. The van der Waals surface area contributed by atoms with Gasteiger partial charge in [0.2, 0.25) is 0 Å². The molecule has 0 spiro atoms. The first-order valence-electron chi connectivity index (χ1n) is 2.70. The van der Waals surface area contributed by atoms with Crippen LogP contribution in [-0.4, -0.2) is 28.2 Å². The van der Waals surface area contributed by atoms with Crippen LogP contribution in [0.5, 0.6) is 0 Å². The molecule has 0 amide bonds. The normalized spacial score (nSPS) is 17.9. The number of likely N-dealkylation sites (N-methyl/N-ethyl adjacent to an activating group) is 1. The van der Waals surface area contributed by atoms with Crippen molar-refractivity contribution in [3.8, 4) is 0 Å². The molecule has 1 unspecified atom stereocenters. The monoisotopic (exact) mass is 131 g/mol. The van der Waals surface area contributed by atoms with E-state index >= 15 is 0 Å². The van der Waals surface area contributed by atoms with Gasteiger partial charge in [-0.3, -0.25) is 4.79 Å². The highest BCUT2D eigenvalue weighted by Crippen LogP contribution is 1.94. The first-order valence-corrected chi connectivity index (χ1v) is 3.70. The van der Waals surface area contributed by atoms with E-state index in [1.807, 2.05) is 14.0 Å². The molecule has 0 bridgehead atoms. The number of hydrogen-bond donors (Lipinski definition) is 1. The lowest BCUT2D eigenvalue weighted by Gasteiger charge is -2.19. The Hall–Kier alpha value is -0.153. The molecular formula is C5H13NOSi. The second-order valence-corrected chi connectivity index (χ2v) is 4.43. The van der Waals surface area contributed by atoms with E-state index in [4.69, 9.17) is 0 Å². The van der Waals surface area contributed by atoms with Crippen molar-refractivity contribution in [1.29, 1.82) is 0 Å². The predicted octanol–water partition coefficient (Wildman–Crippen LogP) is -1.12. The van der Waals surface area contributed by atoms with E-state index in [2.05, 4.69) is 5.32 Å². The van der Waals surface area contributed by atoms with Crippen molar-refractivity contribution >= 4 is 16.0 Å². The number of rotatable bonds is 2. The summed E-state index contributed by atoms with van der Waals surface area (Å²) in [6, 6.07) is 0. The van der Waals surface area contributed by atoms with Gasteiger partial charge in [-0.25, -0.2) is 0 Å². The Balaban J connectivity index is 3.91. The highest BCUT2D eigenvalue weighted by Gasteiger charge is 2.19. The summed E-state index contributed by atoms with van der Waals surface area (Å²) in [6.07, 6.45) is 0. The van der Waals surface area contributed by atoms with E-state index < -0.39 is 0 Å². The van der Waals surface area contributed by atoms with Gasteiger partial charge < -0.3 is 5.32 Å². The number of nitrogens with one attached hydrogen (secondary N) is 1. The minimum absolute atomic E-state index is 0.208. The molecule has 2 nitrogen and oxygen atoms in total. The van der Waals surface area contributed by atoms with Crippen LogP contribution in [0.3, 0.4) is 0 Å². The number of Topliss-reactive ketones (excluding diaryl/α,β-unsaturated/α-hetero) is 1. The van der Waals surface area contributed by atoms with Crippen LogP contribution in [0.2, 0.25) is 0 Å². The van der Waals surface area contributed by atoms with Crippen molar-refractivity contribution in [1.82, 2.24) is 5.32 Å². The zero-order chi connectivity index (χ0) is 6.78. The average Bonchev–Trinajstić information content (AvgIpc) is 1.67. The molecule has 0 saturated heterocycles. The van der Waals surface area contributed by atoms with Gasteiger partial charge in [-0.2, -0.15) is 0 Å². The first kappa shape index (κ1) is 7.85. The van der Waals surface area contributed by atoms with Gasteiger partial charge in [0.15, 0.2) is 0 Å². The quantitative estimate of drug-likeness (QED) is 0.481. The van der Waals surface area contributed by atoms with Gasteiger partial charge >= 0.3 is 0 Å². The molecule has 0 aliphatic heterocycles. The highest BCUT2D eigenvalue weighted by atomic mass is 28.1. The molecule has 0 saturated carbocycles. The van der Waals surface area contributed by atoms with Crippen molar-refractivity contribution < 1.29 is 4.79 Å². The van der Waals surface area contributed by atoms with Crippen LogP contribution in [-0.2, 0) is 4.79 Å². The SMILES string of the molecule is CNC(C)([SiH3])C(C)=O. The fourth-order valence-electron chi connectivity index (χ4n) is 0.176. The van der Waals surface area contributed by atoms with E-state index in [1.54, 1.807) is 6.92 Å². The molecule has 0 heterocycles. The van der Waals surface area contributed by atoms with E-state index in [9.17, 15) is 4.79 Å². The molecule has 0 fully saturated rings. The molecule has 0 aliphatic carbocycles. The Morgan fingerprint density at radius 1 is 1.75 bits per heavy atom. The summed E-state index contributed by atoms with van der Waals surface area (Å²) in [4.78, 5) is 10.7. The number of carbonyl (C=O) groups excluding carboxylic acids is 1. The third-order valence-electron chi connectivity index (χ3n) is 1.51. The summed E-state index contributed by atoms with van der Waals surface area (Å²) in [5, 5.41) is 2.74. The van der Waals surface area contributed by atoms with Crippen LogP contribution in [0.4, 0.5) is 0 Å². The Kier molecular flexibility index (Phi) is 2.37. The Labute approximate surface area is 53.1 Å². The van der Waals surface area contributed by atoms with Crippen molar-refractivity contribution in [3.63, 3.8) is 0 Å².